The van der Waals surface area contributed by atoms with Crippen molar-refractivity contribution in [1.29, 1.82) is 0 Å². The number of carbonyl (C=O) groups excluding carboxylic acids is 1. The van der Waals surface area contributed by atoms with Crippen LogP contribution in [0.4, 0.5) is 0 Å². The molecular weight excluding hydrogens is 266 g/mol. The van der Waals surface area contributed by atoms with E-state index >= 15 is 0 Å². The number of amides is 1. The first kappa shape index (κ1) is 15.5. The monoisotopic (exact) mass is 289 g/mol. The van der Waals surface area contributed by atoms with Crippen LogP contribution in [-0.2, 0) is 22.4 Å². The van der Waals surface area contributed by atoms with Gasteiger partial charge in [-0.05, 0) is 42.7 Å². The third kappa shape index (κ3) is 4.31. The fraction of sp³-hybridized carbons (Fsp3) is 0.529. The van der Waals surface area contributed by atoms with E-state index in [0.717, 1.165) is 12.0 Å². The Morgan fingerprint density at radius 1 is 1.19 bits per heavy atom. The van der Waals surface area contributed by atoms with Crippen molar-refractivity contribution in [3.63, 3.8) is 0 Å². The number of carboxylic acids is 1. The molecule has 0 atom stereocenters. The minimum absolute atomic E-state index is 0.179. The predicted molar refractivity (Wildman–Crippen MR) is 81.0 cm³/mol. The van der Waals surface area contributed by atoms with Crippen LogP contribution in [0.25, 0.3) is 0 Å². The van der Waals surface area contributed by atoms with Gasteiger partial charge in [-0.2, -0.15) is 0 Å². The summed E-state index contributed by atoms with van der Waals surface area (Å²) in [5, 5.41) is 11.7. The Morgan fingerprint density at radius 2 is 1.76 bits per heavy atom. The number of nitrogens with one attached hydrogen (secondary N) is 1. The molecule has 1 amide bonds. The van der Waals surface area contributed by atoms with Gasteiger partial charge in [0.05, 0.1) is 0 Å². The molecule has 0 aliphatic heterocycles. The van der Waals surface area contributed by atoms with Crippen molar-refractivity contribution in [3.8, 4) is 0 Å². The van der Waals surface area contributed by atoms with Crippen LogP contribution in [0, 0.1) is 5.92 Å². The Kier molecular flexibility index (Phi) is 4.66. The van der Waals surface area contributed by atoms with Gasteiger partial charge >= 0.3 is 5.97 Å². The van der Waals surface area contributed by atoms with Crippen LogP contribution in [0.3, 0.4) is 0 Å². The van der Waals surface area contributed by atoms with Crippen molar-refractivity contribution in [3.05, 3.63) is 35.4 Å². The van der Waals surface area contributed by atoms with E-state index in [2.05, 4.69) is 43.4 Å². The SMILES string of the molecule is CC(C)Cc1ccc(CCC(=O)NC2(C(=O)O)CC2)cc1. The summed E-state index contributed by atoms with van der Waals surface area (Å²) in [6.07, 6.45) is 3.11. The van der Waals surface area contributed by atoms with E-state index in [1.165, 1.54) is 5.56 Å². The van der Waals surface area contributed by atoms with Crippen molar-refractivity contribution < 1.29 is 14.7 Å². The lowest BCUT2D eigenvalue weighted by Gasteiger charge is -2.12. The fourth-order valence-electron chi connectivity index (χ4n) is 2.42. The Hall–Kier alpha value is -1.84. The summed E-state index contributed by atoms with van der Waals surface area (Å²) in [6.45, 7) is 4.38. The molecule has 2 rings (SSSR count). The number of aliphatic carboxylic acids is 1. The molecule has 21 heavy (non-hydrogen) atoms. The van der Waals surface area contributed by atoms with E-state index in [-0.39, 0.29) is 5.91 Å². The van der Waals surface area contributed by atoms with E-state index in [4.69, 9.17) is 5.11 Å². The quantitative estimate of drug-likeness (QED) is 0.810. The summed E-state index contributed by atoms with van der Waals surface area (Å²) in [5.74, 6) is -0.470. The number of hydrogen-bond acceptors (Lipinski definition) is 2. The number of benzene rings is 1. The van der Waals surface area contributed by atoms with Crippen LogP contribution in [0.2, 0.25) is 0 Å². The molecule has 0 radical (unpaired) electrons. The topological polar surface area (TPSA) is 66.4 Å². The molecule has 1 aliphatic carbocycles. The van der Waals surface area contributed by atoms with Crippen molar-refractivity contribution in [2.75, 3.05) is 0 Å². The van der Waals surface area contributed by atoms with Crippen molar-refractivity contribution in [2.45, 2.75) is 51.5 Å². The van der Waals surface area contributed by atoms with Crippen LogP contribution < -0.4 is 5.32 Å². The van der Waals surface area contributed by atoms with Gasteiger partial charge < -0.3 is 10.4 Å². The lowest BCUT2D eigenvalue weighted by molar-refractivity contribution is -0.143. The normalized spacial score (nSPS) is 15.8. The lowest BCUT2D eigenvalue weighted by Crippen LogP contribution is -2.43. The molecule has 114 valence electrons. The molecule has 1 aromatic carbocycles. The van der Waals surface area contributed by atoms with Gasteiger partial charge in [0.1, 0.15) is 5.54 Å². The second-order valence-corrected chi connectivity index (χ2v) is 6.35. The lowest BCUT2D eigenvalue weighted by atomic mass is 10.0. The van der Waals surface area contributed by atoms with Gasteiger partial charge in [0, 0.05) is 6.42 Å². The van der Waals surface area contributed by atoms with Gasteiger partial charge in [0.25, 0.3) is 0 Å². The molecular formula is C17H23NO3. The third-order valence-corrected chi connectivity index (χ3v) is 3.85. The average Bonchev–Trinajstić information content (AvgIpc) is 3.18. The molecule has 0 spiro atoms. The smallest absolute Gasteiger partial charge is 0.329 e. The van der Waals surface area contributed by atoms with Crippen molar-refractivity contribution in [1.82, 2.24) is 5.32 Å². The zero-order valence-corrected chi connectivity index (χ0v) is 12.7. The summed E-state index contributed by atoms with van der Waals surface area (Å²) >= 11 is 0. The summed E-state index contributed by atoms with van der Waals surface area (Å²) in [7, 11) is 0. The summed E-state index contributed by atoms with van der Waals surface area (Å²) in [5.41, 5.74) is 1.44. The number of hydrogen-bond donors (Lipinski definition) is 2. The highest BCUT2D eigenvalue weighted by Gasteiger charge is 2.51. The molecule has 0 bridgehead atoms. The highest BCUT2D eigenvalue weighted by atomic mass is 16.4. The van der Waals surface area contributed by atoms with E-state index in [0.29, 0.717) is 31.6 Å². The molecule has 4 heteroatoms. The van der Waals surface area contributed by atoms with Crippen LogP contribution in [0.5, 0.6) is 0 Å². The van der Waals surface area contributed by atoms with E-state index in [1.54, 1.807) is 0 Å². The minimum Gasteiger partial charge on any atom is -0.480 e. The van der Waals surface area contributed by atoms with Gasteiger partial charge in [-0.1, -0.05) is 38.1 Å². The first-order valence-electron chi connectivity index (χ1n) is 7.53. The first-order valence-corrected chi connectivity index (χ1v) is 7.53. The van der Waals surface area contributed by atoms with Crippen LogP contribution in [-0.4, -0.2) is 22.5 Å². The number of rotatable bonds is 7. The molecule has 1 aliphatic rings. The van der Waals surface area contributed by atoms with Crippen LogP contribution >= 0.6 is 0 Å². The van der Waals surface area contributed by atoms with Gasteiger partial charge in [-0.3, -0.25) is 4.79 Å². The van der Waals surface area contributed by atoms with Gasteiger partial charge in [-0.25, -0.2) is 4.79 Å². The fourth-order valence-corrected chi connectivity index (χ4v) is 2.42. The molecule has 0 aromatic heterocycles. The Bertz CT molecular complexity index is 515. The Balaban J connectivity index is 1.80. The Morgan fingerprint density at radius 3 is 2.24 bits per heavy atom. The largest absolute Gasteiger partial charge is 0.480 e. The van der Waals surface area contributed by atoms with E-state index in [1.807, 2.05) is 0 Å². The summed E-state index contributed by atoms with van der Waals surface area (Å²) < 4.78 is 0. The van der Waals surface area contributed by atoms with E-state index in [9.17, 15) is 9.59 Å². The van der Waals surface area contributed by atoms with Gasteiger partial charge in [-0.15, -0.1) is 0 Å². The molecule has 1 aromatic rings. The standard InChI is InChI=1S/C17H23NO3/c1-12(2)11-14-5-3-13(4-6-14)7-8-15(19)18-17(9-10-17)16(20)21/h3-6,12H,7-11H2,1-2H3,(H,18,19)(H,20,21). The zero-order valence-electron chi connectivity index (χ0n) is 12.7. The molecule has 0 saturated heterocycles. The summed E-state index contributed by atoms with van der Waals surface area (Å²) in [6, 6.07) is 8.31. The third-order valence-electron chi connectivity index (χ3n) is 3.85. The van der Waals surface area contributed by atoms with Crippen LogP contribution in [0.1, 0.15) is 44.2 Å². The second kappa shape index (κ2) is 6.29. The maximum absolute atomic E-state index is 11.8. The number of aryl methyl sites for hydroxylation is 1. The molecule has 1 saturated carbocycles. The highest BCUT2D eigenvalue weighted by Crippen LogP contribution is 2.35. The maximum atomic E-state index is 11.8. The highest BCUT2D eigenvalue weighted by molar-refractivity contribution is 5.89. The van der Waals surface area contributed by atoms with Crippen molar-refractivity contribution in [2.24, 2.45) is 5.92 Å². The minimum atomic E-state index is -0.974. The van der Waals surface area contributed by atoms with Gasteiger partial charge in [0.15, 0.2) is 0 Å². The zero-order chi connectivity index (χ0) is 15.5. The Labute approximate surface area is 125 Å². The first-order chi connectivity index (χ1) is 9.91. The number of carboxylic acid groups (broad SMARTS) is 1. The molecule has 0 heterocycles. The van der Waals surface area contributed by atoms with E-state index < -0.39 is 11.5 Å². The van der Waals surface area contributed by atoms with Crippen LogP contribution in [0.15, 0.2) is 24.3 Å². The number of carbonyl (C=O) groups is 2. The van der Waals surface area contributed by atoms with Crippen molar-refractivity contribution >= 4 is 11.9 Å². The molecule has 4 nitrogen and oxygen atoms in total. The maximum Gasteiger partial charge on any atom is 0.329 e. The molecule has 0 unspecified atom stereocenters. The second-order valence-electron chi connectivity index (χ2n) is 6.35. The molecule has 1 fully saturated rings. The average molecular weight is 289 g/mol. The van der Waals surface area contributed by atoms with Gasteiger partial charge in [0.2, 0.25) is 5.91 Å². The predicted octanol–water partition coefficient (Wildman–Crippen LogP) is 2.55. The summed E-state index contributed by atoms with van der Waals surface area (Å²) in [4.78, 5) is 22.8. The molecule has 2 N–H and O–H groups in total.